The molecule has 1 aliphatic carbocycles. The predicted molar refractivity (Wildman–Crippen MR) is 93.3 cm³/mol. The molecule has 0 unspecified atom stereocenters. The van der Waals surface area contributed by atoms with Gasteiger partial charge >= 0.3 is 6.03 Å². The third-order valence-corrected chi connectivity index (χ3v) is 4.16. The molecular formula is C18H22N4O2. The summed E-state index contributed by atoms with van der Waals surface area (Å²) in [4.78, 5) is 12.1. The van der Waals surface area contributed by atoms with Gasteiger partial charge in [0.05, 0.1) is 23.8 Å². The minimum Gasteiger partial charge on any atom is -0.396 e. The molecule has 3 rings (SSSR count). The van der Waals surface area contributed by atoms with Crippen LogP contribution in [0.1, 0.15) is 17.5 Å². The fourth-order valence-corrected chi connectivity index (χ4v) is 2.93. The van der Waals surface area contributed by atoms with Crippen molar-refractivity contribution in [3.8, 4) is 5.69 Å². The van der Waals surface area contributed by atoms with E-state index < -0.39 is 0 Å². The largest absolute Gasteiger partial charge is 0.396 e. The lowest BCUT2D eigenvalue weighted by atomic mass is 10.1. The average Bonchev–Trinajstić information content (AvgIpc) is 3.16. The molecule has 1 aromatic heterocycles. The number of aliphatic hydroxyl groups is 1. The van der Waals surface area contributed by atoms with Gasteiger partial charge in [-0.25, -0.2) is 9.48 Å². The monoisotopic (exact) mass is 326 g/mol. The summed E-state index contributed by atoms with van der Waals surface area (Å²) >= 11 is 0. The third-order valence-electron chi connectivity index (χ3n) is 4.16. The number of aryl methyl sites for hydroxylation is 2. The van der Waals surface area contributed by atoms with Crippen molar-refractivity contribution >= 4 is 11.7 Å². The molecule has 1 heterocycles. The topological polar surface area (TPSA) is 79.2 Å². The lowest BCUT2D eigenvalue weighted by Crippen LogP contribution is -2.36. The van der Waals surface area contributed by atoms with Gasteiger partial charge in [-0.15, -0.1) is 0 Å². The average molecular weight is 326 g/mol. The molecule has 0 aliphatic heterocycles. The van der Waals surface area contributed by atoms with Crippen molar-refractivity contribution in [2.24, 2.45) is 5.92 Å². The Labute approximate surface area is 141 Å². The number of hydrogen-bond donors (Lipinski definition) is 3. The molecule has 126 valence electrons. The number of carbonyl (C=O) groups excluding carboxylic acids is 1. The molecule has 1 aromatic carbocycles. The van der Waals surface area contributed by atoms with Gasteiger partial charge in [-0.2, -0.15) is 5.10 Å². The fourth-order valence-electron chi connectivity index (χ4n) is 2.93. The number of hydrogen-bond acceptors (Lipinski definition) is 3. The number of rotatable bonds is 4. The van der Waals surface area contributed by atoms with Crippen LogP contribution in [-0.2, 0) is 0 Å². The molecule has 3 N–H and O–H groups in total. The van der Waals surface area contributed by atoms with E-state index in [1.807, 2.05) is 31.2 Å². The summed E-state index contributed by atoms with van der Waals surface area (Å²) in [5, 5.41) is 19.1. The van der Waals surface area contributed by atoms with E-state index in [1.165, 1.54) is 5.56 Å². The van der Waals surface area contributed by atoms with Crippen molar-refractivity contribution in [2.75, 3.05) is 11.9 Å². The smallest absolute Gasteiger partial charge is 0.319 e. The van der Waals surface area contributed by atoms with Gasteiger partial charge in [0.25, 0.3) is 0 Å². The minimum absolute atomic E-state index is 0.0449. The maximum absolute atomic E-state index is 12.1. The Kier molecular flexibility index (Phi) is 4.66. The Hall–Kier alpha value is -2.60. The van der Waals surface area contributed by atoms with Crippen LogP contribution in [0.15, 0.2) is 42.7 Å². The van der Waals surface area contributed by atoms with E-state index in [0.717, 1.165) is 17.7 Å². The van der Waals surface area contributed by atoms with E-state index >= 15 is 0 Å². The Morgan fingerprint density at radius 3 is 2.92 bits per heavy atom. The molecule has 1 aliphatic rings. The van der Waals surface area contributed by atoms with Gasteiger partial charge in [0, 0.05) is 18.6 Å². The van der Waals surface area contributed by atoms with Crippen molar-refractivity contribution in [2.45, 2.75) is 26.3 Å². The van der Waals surface area contributed by atoms with Gasteiger partial charge in [0.15, 0.2) is 0 Å². The van der Waals surface area contributed by atoms with Crippen LogP contribution < -0.4 is 10.6 Å². The van der Waals surface area contributed by atoms with E-state index in [-0.39, 0.29) is 24.6 Å². The Morgan fingerprint density at radius 1 is 1.38 bits per heavy atom. The van der Waals surface area contributed by atoms with Crippen LogP contribution in [-0.4, -0.2) is 33.6 Å². The maximum Gasteiger partial charge on any atom is 0.319 e. The van der Waals surface area contributed by atoms with Crippen molar-refractivity contribution < 1.29 is 9.90 Å². The molecular weight excluding hydrogens is 304 g/mol. The van der Waals surface area contributed by atoms with Crippen molar-refractivity contribution in [1.82, 2.24) is 15.1 Å². The van der Waals surface area contributed by atoms with Crippen LogP contribution in [0, 0.1) is 19.8 Å². The third kappa shape index (κ3) is 3.65. The molecule has 2 amide bonds. The summed E-state index contributed by atoms with van der Waals surface area (Å²) in [6, 6.07) is 5.83. The maximum atomic E-state index is 12.1. The Bertz CT molecular complexity index is 766. The highest BCUT2D eigenvalue weighted by atomic mass is 16.3. The van der Waals surface area contributed by atoms with E-state index in [9.17, 15) is 4.79 Å². The molecule has 6 heteroatoms. The second-order valence-electron chi connectivity index (χ2n) is 6.23. The summed E-state index contributed by atoms with van der Waals surface area (Å²) in [5.41, 5.74) is 3.94. The summed E-state index contributed by atoms with van der Waals surface area (Å²) in [5.74, 6) is 0.127. The summed E-state index contributed by atoms with van der Waals surface area (Å²) < 4.78 is 1.75. The SMILES string of the molecule is Cc1ccc(-n2cc(NC(=O)N[C@@H]3C=C[C@H](CO)C3)cn2)c(C)c1. The molecule has 2 atom stereocenters. The fraction of sp³-hybridized carbons (Fsp3) is 0.333. The summed E-state index contributed by atoms with van der Waals surface area (Å²) in [6.45, 7) is 4.20. The summed E-state index contributed by atoms with van der Waals surface area (Å²) in [7, 11) is 0. The molecule has 0 spiro atoms. The second-order valence-corrected chi connectivity index (χ2v) is 6.23. The number of urea groups is 1. The van der Waals surface area contributed by atoms with Crippen LogP contribution in [0.4, 0.5) is 10.5 Å². The van der Waals surface area contributed by atoms with Crippen molar-refractivity contribution in [3.63, 3.8) is 0 Å². The highest BCUT2D eigenvalue weighted by Crippen LogP contribution is 2.18. The zero-order valence-corrected chi connectivity index (χ0v) is 13.9. The van der Waals surface area contributed by atoms with Gasteiger partial charge in [-0.05, 0) is 31.9 Å². The van der Waals surface area contributed by atoms with Crippen molar-refractivity contribution in [3.05, 3.63) is 53.9 Å². The Balaban J connectivity index is 1.62. The van der Waals surface area contributed by atoms with Gasteiger partial charge in [0.1, 0.15) is 0 Å². The van der Waals surface area contributed by atoms with Gasteiger partial charge in [-0.1, -0.05) is 29.8 Å². The first-order valence-corrected chi connectivity index (χ1v) is 8.04. The number of aromatic nitrogens is 2. The first kappa shape index (κ1) is 16.3. The molecule has 0 fully saturated rings. The van der Waals surface area contributed by atoms with E-state index in [4.69, 9.17) is 5.11 Å². The zero-order chi connectivity index (χ0) is 17.1. The standard InChI is InChI=1S/C18H22N4O2/c1-12-3-6-17(13(2)7-12)22-10-16(9-19-22)21-18(24)20-15-5-4-14(8-15)11-23/h3-7,9-10,14-15,23H,8,11H2,1-2H3,(H2,20,21,24)/t14-,15+/m0/s1. The van der Waals surface area contributed by atoms with E-state index in [2.05, 4.69) is 28.7 Å². The first-order valence-electron chi connectivity index (χ1n) is 8.04. The highest BCUT2D eigenvalue weighted by molar-refractivity contribution is 5.89. The van der Waals surface area contributed by atoms with Crippen LogP contribution in [0.5, 0.6) is 0 Å². The quantitative estimate of drug-likeness (QED) is 0.756. The van der Waals surface area contributed by atoms with Gasteiger partial charge in [0.2, 0.25) is 0 Å². The number of benzene rings is 1. The summed E-state index contributed by atoms with van der Waals surface area (Å²) in [6.07, 6.45) is 7.99. The minimum atomic E-state index is -0.275. The number of nitrogens with zero attached hydrogens (tertiary/aromatic N) is 2. The lowest BCUT2D eigenvalue weighted by Gasteiger charge is -2.12. The van der Waals surface area contributed by atoms with E-state index in [1.54, 1.807) is 17.1 Å². The van der Waals surface area contributed by atoms with Crippen LogP contribution >= 0.6 is 0 Å². The first-order chi connectivity index (χ1) is 11.5. The van der Waals surface area contributed by atoms with Crippen LogP contribution in [0.3, 0.4) is 0 Å². The molecule has 0 saturated heterocycles. The normalized spacial score (nSPS) is 19.5. The van der Waals surface area contributed by atoms with Gasteiger partial charge < -0.3 is 15.7 Å². The number of anilines is 1. The second kappa shape index (κ2) is 6.88. The molecule has 6 nitrogen and oxygen atoms in total. The molecule has 2 aromatic rings. The van der Waals surface area contributed by atoms with E-state index in [0.29, 0.717) is 5.69 Å². The lowest BCUT2D eigenvalue weighted by molar-refractivity contribution is 0.238. The molecule has 0 saturated carbocycles. The molecule has 24 heavy (non-hydrogen) atoms. The van der Waals surface area contributed by atoms with Crippen LogP contribution in [0.2, 0.25) is 0 Å². The number of carbonyl (C=O) groups is 1. The zero-order valence-electron chi connectivity index (χ0n) is 13.9. The molecule has 0 bridgehead atoms. The predicted octanol–water partition coefficient (Wildman–Crippen LogP) is 2.55. The Morgan fingerprint density at radius 2 is 2.21 bits per heavy atom. The molecule has 0 radical (unpaired) electrons. The van der Waals surface area contributed by atoms with Gasteiger partial charge in [-0.3, -0.25) is 0 Å². The van der Waals surface area contributed by atoms with Crippen molar-refractivity contribution in [1.29, 1.82) is 0 Å². The number of amides is 2. The highest BCUT2D eigenvalue weighted by Gasteiger charge is 2.19. The number of nitrogens with one attached hydrogen (secondary N) is 2. The van der Waals surface area contributed by atoms with Crippen LogP contribution in [0.25, 0.3) is 5.69 Å². The number of aliphatic hydroxyl groups excluding tert-OH is 1.